The van der Waals surface area contributed by atoms with Crippen LogP contribution in [0.2, 0.25) is 0 Å². The standard InChI is InChI=1S/C24H27FN4O4S/c1-3-29(4-2)34(31,32)21-11-7-19(8-12-21)24(30)28-15-13-18(14-16-28)23-27-26-22(33-23)17-5-9-20(25)10-6-17/h5-12,18H,3-4,13-16H2,1-2H3. The lowest BCUT2D eigenvalue weighted by Gasteiger charge is -2.30. The predicted octanol–water partition coefficient (Wildman–Crippen LogP) is 3.93. The molecule has 34 heavy (non-hydrogen) atoms. The van der Waals surface area contributed by atoms with E-state index in [2.05, 4.69) is 10.2 Å². The number of halogens is 1. The number of likely N-dealkylation sites (tertiary alicyclic amines) is 1. The quantitative estimate of drug-likeness (QED) is 0.502. The number of amides is 1. The monoisotopic (exact) mass is 486 g/mol. The fourth-order valence-corrected chi connectivity index (χ4v) is 5.56. The maximum absolute atomic E-state index is 13.1. The molecule has 2 heterocycles. The minimum Gasteiger partial charge on any atom is -0.420 e. The van der Waals surface area contributed by atoms with E-state index in [1.807, 2.05) is 0 Å². The van der Waals surface area contributed by atoms with E-state index in [4.69, 9.17) is 4.42 Å². The van der Waals surface area contributed by atoms with Crippen molar-refractivity contribution < 1.29 is 22.0 Å². The molecule has 0 bridgehead atoms. The molecule has 1 aromatic heterocycles. The highest BCUT2D eigenvalue weighted by Crippen LogP contribution is 2.30. The lowest BCUT2D eigenvalue weighted by atomic mass is 9.96. The van der Waals surface area contributed by atoms with Crippen LogP contribution in [0.3, 0.4) is 0 Å². The van der Waals surface area contributed by atoms with E-state index in [-0.39, 0.29) is 22.5 Å². The van der Waals surface area contributed by atoms with Crippen LogP contribution in [0.25, 0.3) is 11.5 Å². The Morgan fingerprint density at radius 3 is 2.24 bits per heavy atom. The zero-order valence-electron chi connectivity index (χ0n) is 19.1. The van der Waals surface area contributed by atoms with Crippen molar-refractivity contribution in [3.63, 3.8) is 0 Å². The molecule has 0 radical (unpaired) electrons. The van der Waals surface area contributed by atoms with Crippen LogP contribution in [0.5, 0.6) is 0 Å². The number of sulfonamides is 1. The largest absolute Gasteiger partial charge is 0.420 e. The van der Waals surface area contributed by atoms with Crippen molar-refractivity contribution in [2.45, 2.75) is 37.5 Å². The Balaban J connectivity index is 1.38. The van der Waals surface area contributed by atoms with Crippen LogP contribution < -0.4 is 0 Å². The number of hydrogen-bond acceptors (Lipinski definition) is 6. The van der Waals surface area contributed by atoms with Crippen LogP contribution in [0.15, 0.2) is 57.8 Å². The summed E-state index contributed by atoms with van der Waals surface area (Å²) in [4.78, 5) is 14.9. The smallest absolute Gasteiger partial charge is 0.253 e. The number of aromatic nitrogens is 2. The topological polar surface area (TPSA) is 96.6 Å². The highest BCUT2D eigenvalue weighted by Gasteiger charge is 2.28. The molecule has 8 nitrogen and oxygen atoms in total. The first kappa shape index (κ1) is 24.0. The molecule has 1 fully saturated rings. The second-order valence-electron chi connectivity index (χ2n) is 8.13. The fraction of sp³-hybridized carbons (Fsp3) is 0.375. The van der Waals surface area contributed by atoms with E-state index in [1.54, 1.807) is 43.0 Å². The predicted molar refractivity (Wildman–Crippen MR) is 124 cm³/mol. The molecule has 1 aliphatic heterocycles. The third-order valence-corrected chi connectivity index (χ3v) is 8.17. The second kappa shape index (κ2) is 10.0. The van der Waals surface area contributed by atoms with E-state index in [1.165, 1.54) is 28.6 Å². The molecular weight excluding hydrogens is 459 g/mol. The highest BCUT2D eigenvalue weighted by molar-refractivity contribution is 7.89. The van der Waals surface area contributed by atoms with E-state index in [0.717, 1.165) is 0 Å². The summed E-state index contributed by atoms with van der Waals surface area (Å²) < 4.78 is 45.6. The molecule has 10 heteroatoms. The van der Waals surface area contributed by atoms with Crippen molar-refractivity contribution >= 4 is 15.9 Å². The molecule has 0 atom stereocenters. The normalized spacial score (nSPS) is 15.1. The van der Waals surface area contributed by atoms with Gasteiger partial charge in [-0.15, -0.1) is 10.2 Å². The number of nitrogens with zero attached hydrogens (tertiary/aromatic N) is 4. The Bertz CT molecular complexity index is 1230. The van der Waals surface area contributed by atoms with Crippen LogP contribution in [-0.4, -0.2) is 59.9 Å². The van der Waals surface area contributed by atoms with Crippen LogP contribution >= 0.6 is 0 Å². The third kappa shape index (κ3) is 4.88. The molecule has 1 aliphatic rings. The van der Waals surface area contributed by atoms with Gasteiger partial charge in [0.2, 0.25) is 21.8 Å². The Labute approximate surface area is 198 Å². The van der Waals surface area contributed by atoms with Gasteiger partial charge in [-0.25, -0.2) is 12.8 Å². The van der Waals surface area contributed by atoms with Gasteiger partial charge < -0.3 is 9.32 Å². The molecule has 3 aromatic rings. The van der Waals surface area contributed by atoms with Gasteiger partial charge in [0.25, 0.3) is 5.91 Å². The second-order valence-corrected chi connectivity index (χ2v) is 10.1. The lowest BCUT2D eigenvalue weighted by Crippen LogP contribution is -2.38. The minimum atomic E-state index is -3.56. The van der Waals surface area contributed by atoms with Crippen molar-refractivity contribution in [3.8, 4) is 11.5 Å². The van der Waals surface area contributed by atoms with Crippen LogP contribution in [0.4, 0.5) is 4.39 Å². The first-order chi connectivity index (χ1) is 16.3. The van der Waals surface area contributed by atoms with Gasteiger partial charge in [-0.1, -0.05) is 13.8 Å². The summed E-state index contributed by atoms with van der Waals surface area (Å²) in [5, 5.41) is 8.23. The average molecular weight is 487 g/mol. The summed E-state index contributed by atoms with van der Waals surface area (Å²) in [5.41, 5.74) is 1.10. The maximum Gasteiger partial charge on any atom is 0.253 e. The zero-order valence-corrected chi connectivity index (χ0v) is 20.0. The van der Waals surface area contributed by atoms with Crippen molar-refractivity contribution in [3.05, 3.63) is 65.8 Å². The SMILES string of the molecule is CCN(CC)S(=O)(=O)c1ccc(C(=O)N2CCC(c3nnc(-c4ccc(F)cc4)o3)CC2)cc1. The van der Waals surface area contributed by atoms with Crippen LogP contribution in [0, 0.1) is 5.82 Å². The first-order valence-electron chi connectivity index (χ1n) is 11.3. The van der Waals surface area contributed by atoms with Gasteiger partial charge >= 0.3 is 0 Å². The van der Waals surface area contributed by atoms with Gasteiger partial charge in [0, 0.05) is 43.2 Å². The number of rotatable bonds is 7. The summed E-state index contributed by atoms with van der Waals surface area (Å²) in [6, 6.07) is 12.0. The molecule has 0 unspecified atom stereocenters. The van der Waals surface area contributed by atoms with E-state index < -0.39 is 10.0 Å². The summed E-state index contributed by atoms with van der Waals surface area (Å²) in [7, 11) is -3.56. The van der Waals surface area contributed by atoms with Gasteiger partial charge in [-0.05, 0) is 61.4 Å². The van der Waals surface area contributed by atoms with Crippen molar-refractivity contribution in [1.82, 2.24) is 19.4 Å². The first-order valence-corrected chi connectivity index (χ1v) is 12.8. The highest BCUT2D eigenvalue weighted by atomic mass is 32.2. The van der Waals surface area contributed by atoms with Crippen molar-refractivity contribution in [2.24, 2.45) is 0 Å². The van der Waals surface area contributed by atoms with E-state index in [9.17, 15) is 17.6 Å². The molecule has 4 rings (SSSR count). The van der Waals surface area contributed by atoms with Gasteiger partial charge in [0.15, 0.2) is 0 Å². The number of hydrogen-bond donors (Lipinski definition) is 0. The molecule has 0 N–H and O–H groups in total. The van der Waals surface area contributed by atoms with Crippen LogP contribution in [0.1, 0.15) is 48.9 Å². The maximum atomic E-state index is 13.1. The Hall–Kier alpha value is -3.11. The molecule has 1 saturated heterocycles. The Morgan fingerprint density at radius 1 is 1.03 bits per heavy atom. The average Bonchev–Trinajstić information content (AvgIpc) is 3.35. The number of carbonyl (C=O) groups is 1. The molecular formula is C24H27FN4O4S. The van der Waals surface area contributed by atoms with E-state index >= 15 is 0 Å². The number of carbonyl (C=O) groups excluding carboxylic acids is 1. The fourth-order valence-electron chi connectivity index (χ4n) is 4.10. The van der Waals surface area contributed by atoms with Gasteiger partial charge in [0.1, 0.15) is 5.82 Å². The summed E-state index contributed by atoms with van der Waals surface area (Å²) in [6.07, 6.45) is 1.34. The molecule has 0 aliphatic carbocycles. The third-order valence-electron chi connectivity index (χ3n) is 6.11. The lowest BCUT2D eigenvalue weighted by molar-refractivity contribution is 0.0706. The minimum absolute atomic E-state index is 0.0346. The van der Waals surface area contributed by atoms with E-state index in [0.29, 0.717) is 61.9 Å². The van der Waals surface area contributed by atoms with Gasteiger partial charge in [0.05, 0.1) is 4.90 Å². The molecule has 180 valence electrons. The molecule has 0 saturated carbocycles. The number of benzene rings is 2. The molecule has 2 aromatic carbocycles. The Morgan fingerprint density at radius 2 is 1.65 bits per heavy atom. The summed E-state index contributed by atoms with van der Waals surface area (Å²) in [6.45, 7) is 5.41. The number of piperidine rings is 1. The summed E-state index contributed by atoms with van der Waals surface area (Å²) >= 11 is 0. The molecule has 1 amide bonds. The van der Waals surface area contributed by atoms with Gasteiger partial charge in [-0.2, -0.15) is 4.31 Å². The Kier molecular flexibility index (Phi) is 7.08. The van der Waals surface area contributed by atoms with Crippen molar-refractivity contribution in [2.75, 3.05) is 26.2 Å². The van der Waals surface area contributed by atoms with Crippen LogP contribution in [-0.2, 0) is 10.0 Å². The zero-order chi connectivity index (χ0) is 24.3. The van der Waals surface area contributed by atoms with Crippen molar-refractivity contribution in [1.29, 1.82) is 0 Å². The molecule has 0 spiro atoms. The summed E-state index contributed by atoms with van der Waals surface area (Å²) in [5.74, 6) is 0.418. The van der Waals surface area contributed by atoms with Gasteiger partial charge in [-0.3, -0.25) is 4.79 Å².